The highest BCUT2D eigenvalue weighted by Crippen LogP contribution is 2.58. The molecule has 3 fully saturated rings. The van der Waals surface area contributed by atoms with Crippen molar-refractivity contribution in [1.29, 1.82) is 0 Å². The number of nitrogens with one attached hydrogen (secondary N) is 2. The topological polar surface area (TPSA) is 80.6 Å². The fraction of sp³-hybridized carbons (Fsp3) is 0.684. The molecule has 136 valence electrons. The maximum absolute atomic E-state index is 12.3. The van der Waals surface area contributed by atoms with Gasteiger partial charge in [0.25, 0.3) is 0 Å². The van der Waals surface area contributed by atoms with Gasteiger partial charge in [-0.3, -0.25) is 0 Å². The summed E-state index contributed by atoms with van der Waals surface area (Å²) in [7, 11) is 1.34. The third kappa shape index (κ3) is 2.92. The third-order valence-electron chi connectivity index (χ3n) is 6.54. The van der Waals surface area contributed by atoms with Crippen LogP contribution in [0.2, 0.25) is 0 Å². The molecule has 0 aliphatic heterocycles. The Morgan fingerprint density at radius 3 is 2.84 bits per heavy atom. The first kappa shape index (κ1) is 16.5. The van der Waals surface area contributed by atoms with Gasteiger partial charge in [0.05, 0.1) is 13.7 Å². The number of methoxy groups -OCH3 is 1. The molecule has 0 spiro atoms. The number of amides is 2. The Labute approximate surface area is 147 Å². The van der Waals surface area contributed by atoms with Crippen LogP contribution >= 0.6 is 0 Å². The first-order chi connectivity index (χ1) is 12.1. The number of furan rings is 1. The van der Waals surface area contributed by atoms with Gasteiger partial charge in [-0.2, -0.15) is 0 Å². The van der Waals surface area contributed by atoms with Crippen molar-refractivity contribution in [2.45, 2.75) is 51.6 Å². The molecule has 1 heterocycles. The SMILES string of the molecule is COC(=O)c1cc(CNC(=O)NC2CC3CC2C2CCCC32)oc1C. The summed E-state index contributed by atoms with van der Waals surface area (Å²) < 4.78 is 10.2. The lowest BCUT2D eigenvalue weighted by Gasteiger charge is -2.32. The standard InChI is InChI=1S/C19H26N2O4/c1-10-15(18(22)24-2)8-12(25-10)9-20-19(23)21-17-7-11-6-16(17)14-5-3-4-13(11)14/h8,11,13-14,16-17H,3-7,9H2,1-2H3,(H2,20,21,23). The molecular formula is C19H26N2O4. The van der Waals surface area contributed by atoms with Gasteiger partial charge in [0, 0.05) is 6.04 Å². The third-order valence-corrected chi connectivity index (χ3v) is 6.54. The van der Waals surface area contributed by atoms with Gasteiger partial charge in [0.15, 0.2) is 0 Å². The maximum atomic E-state index is 12.3. The average molecular weight is 346 g/mol. The zero-order valence-corrected chi connectivity index (χ0v) is 14.8. The molecule has 3 aliphatic rings. The van der Waals surface area contributed by atoms with Crippen molar-refractivity contribution >= 4 is 12.0 Å². The van der Waals surface area contributed by atoms with Gasteiger partial charge in [-0.1, -0.05) is 6.42 Å². The van der Waals surface area contributed by atoms with E-state index in [1.54, 1.807) is 13.0 Å². The largest absolute Gasteiger partial charge is 0.465 e. The van der Waals surface area contributed by atoms with Crippen LogP contribution in [0.5, 0.6) is 0 Å². The fourth-order valence-corrected chi connectivity index (χ4v) is 5.56. The molecule has 3 saturated carbocycles. The molecule has 6 heteroatoms. The maximum Gasteiger partial charge on any atom is 0.341 e. The van der Waals surface area contributed by atoms with E-state index in [1.807, 2.05) is 0 Å². The highest BCUT2D eigenvalue weighted by molar-refractivity contribution is 5.90. The molecule has 0 saturated heterocycles. The second-order valence-corrected chi connectivity index (χ2v) is 7.76. The van der Waals surface area contributed by atoms with Gasteiger partial charge in [0.2, 0.25) is 0 Å². The first-order valence-electron chi connectivity index (χ1n) is 9.28. The fourth-order valence-electron chi connectivity index (χ4n) is 5.56. The lowest BCUT2D eigenvalue weighted by Crippen LogP contribution is -2.46. The highest BCUT2D eigenvalue weighted by atomic mass is 16.5. The highest BCUT2D eigenvalue weighted by Gasteiger charge is 2.54. The molecule has 6 nitrogen and oxygen atoms in total. The number of aryl methyl sites for hydroxylation is 1. The molecule has 1 aromatic rings. The van der Waals surface area contributed by atoms with Crippen LogP contribution in [0.1, 0.15) is 54.0 Å². The van der Waals surface area contributed by atoms with Crippen molar-refractivity contribution < 1.29 is 18.7 Å². The molecule has 3 aliphatic carbocycles. The van der Waals surface area contributed by atoms with Crippen molar-refractivity contribution in [3.05, 3.63) is 23.2 Å². The number of hydrogen-bond acceptors (Lipinski definition) is 4. The Kier molecular flexibility index (Phi) is 4.21. The number of esters is 1. The Hall–Kier alpha value is -1.98. The van der Waals surface area contributed by atoms with Crippen molar-refractivity contribution in [3.63, 3.8) is 0 Å². The molecule has 5 atom stereocenters. The number of carbonyl (C=O) groups excluding carboxylic acids is 2. The van der Waals surface area contributed by atoms with Crippen LogP contribution < -0.4 is 10.6 Å². The van der Waals surface area contributed by atoms with E-state index in [9.17, 15) is 9.59 Å². The number of urea groups is 1. The zero-order chi connectivity index (χ0) is 17.6. The summed E-state index contributed by atoms with van der Waals surface area (Å²) in [6.07, 6.45) is 6.52. The molecular weight excluding hydrogens is 320 g/mol. The van der Waals surface area contributed by atoms with Gasteiger partial charge in [0.1, 0.15) is 17.1 Å². The minimum absolute atomic E-state index is 0.152. The van der Waals surface area contributed by atoms with Crippen LogP contribution in [0.3, 0.4) is 0 Å². The molecule has 0 radical (unpaired) electrons. The molecule has 25 heavy (non-hydrogen) atoms. The predicted octanol–water partition coefficient (Wildman–Crippen LogP) is 3.00. The number of rotatable bonds is 4. The molecule has 2 N–H and O–H groups in total. The number of ether oxygens (including phenoxy) is 1. The molecule has 0 aromatic carbocycles. The molecule has 2 bridgehead atoms. The van der Waals surface area contributed by atoms with Gasteiger partial charge >= 0.3 is 12.0 Å². The second kappa shape index (κ2) is 6.39. The van der Waals surface area contributed by atoms with Crippen molar-refractivity contribution in [2.75, 3.05) is 7.11 Å². The van der Waals surface area contributed by atoms with Crippen molar-refractivity contribution in [3.8, 4) is 0 Å². The number of carbonyl (C=O) groups is 2. The summed E-state index contributed by atoms with van der Waals surface area (Å²) in [5.74, 6) is 3.87. The van der Waals surface area contributed by atoms with Crippen LogP contribution in [0.25, 0.3) is 0 Å². The van der Waals surface area contributed by atoms with Crippen LogP contribution in [-0.2, 0) is 11.3 Å². The van der Waals surface area contributed by atoms with E-state index in [2.05, 4.69) is 10.6 Å². The van der Waals surface area contributed by atoms with E-state index in [1.165, 1.54) is 32.8 Å². The van der Waals surface area contributed by atoms with Crippen LogP contribution in [0, 0.1) is 30.6 Å². The van der Waals surface area contributed by atoms with Crippen LogP contribution in [0.15, 0.2) is 10.5 Å². The van der Waals surface area contributed by atoms with E-state index >= 15 is 0 Å². The van der Waals surface area contributed by atoms with E-state index in [0.717, 1.165) is 24.2 Å². The van der Waals surface area contributed by atoms with Gasteiger partial charge in [-0.25, -0.2) is 9.59 Å². The second-order valence-electron chi connectivity index (χ2n) is 7.76. The smallest absolute Gasteiger partial charge is 0.341 e. The quantitative estimate of drug-likeness (QED) is 0.821. The van der Waals surface area contributed by atoms with Gasteiger partial charge < -0.3 is 19.8 Å². The minimum Gasteiger partial charge on any atom is -0.465 e. The van der Waals surface area contributed by atoms with E-state index in [4.69, 9.17) is 9.15 Å². The Balaban J connectivity index is 1.30. The summed E-state index contributed by atoms with van der Waals surface area (Å²) in [6, 6.07) is 1.79. The summed E-state index contributed by atoms with van der Waals surface area (Å²) in [4.78, 5) is 23.9. The Bertz CT molecular complexity index is 683. The van der Waals surface area contributed by atoms with Crippen molar-refractivity contribution in [2.24, 2.45) is 23.7 Å². The number of hydrogen-bond donors (Lipinski definition) is 2. The summed E-state index contributed by atoms with van der Waals surface area (Å²) in [5, 5.41) is 6.01. The van der Waals surface area contributed by atoms with E-state index in [0.29, 0.717) is 29.0 Å². The summed E-state index contributed by atoms with van der Waals surface area (Å²) >= 11 is 0. The summed E-state index contributed by atoms with van der Waals surface area (Å²) in [6.45, 7) is 1.97. The first-order valence-corrected chi connectivity index (χ1v) is 9.28. The Morgan fingerprint density at radius 1 is 1.24 bits per heavy atom. The summed E-state index contributed by atoms with van der Waals surface area (Å²) in [5.41, 5.74) is 0.403. The molecule has 2 amide bonds. The van der Waals surface area contributed by atoms with Gasteiger partial charge in [-0.05, 0) is 62.3 Å². The minimum atomic E-state index is -0.426. The predicted molar refractivity (Wildman–Crippen MR) is 91.0 cm³/mol. The number of fused-ring (bicyclic) bond motifs is 5. The normalized spacial score (nSPS) is 32.5. The lowest BCUT2D eigenvalue weighted by molar-refractivity contribution is 0.0598. The van der Waals surface area contributed by atoms with Crippen LogP contribution in [0.4, 0.5) is 4.79 Å². The van der Waals surface area contributed by atoms with Gasteiger partial charge in [-0.15, -0.1) is 0 Å². The lowest BCUT2D eigenvalue weighted by atomic mass is 9.79. The zero-order valence-electron chi connectivity index (χ0n) is 14.8. The molecule has 5 unspecified atom stereocenters. The monoisotopic (exact) mass is 346 g/mol. The Morgan fingerprint density at radius 2 is 2.04 bits per heavy atom. The van der Waals surface area contributed by atoms with E-state index < -0.39 is 5.97 Å². The van der Waals surface area contributed by atoms with Crippen LogP contribution in [-0.4, -0.2) is 25.2 Å². The molecule has 4 rings (SSSR count). The molecule has 1 aromatic heterocycles. The van der Waals surface area contributed by atoms with E-state index in [-0.39, 0.29) is 12.6 Å². The average Bonchev–Trinajstić information content (AvgIpc) is 3.33. The van der Waals surface area contributed by atoms with Crippen molar-refractivity contribution in [1.82, 2.24) is 10.6 Å².